The molecule has 2 aliphatic heterocycles. The molecule has 2 rings (SSSR count). The number of piperazine rings is 1. The summed E-state index contributed by atoms with van der Waals surface area (Å²) in [5.74, 6) is 0. The second-order valence-corrected chi connectivity index (χ2v) is 6.05. The van der Waals surface area contributed by atoms with Crippen LogP contribution in [0, 0.1) is 5.41 Å². The van der Waals surface area contributed by atoms with Gasteiger partial charge in [0.05, 0.1) is 6.61 Å². The van der Waals surface area contributed by atoms with Gasteiger partial charge in [0.2, 0.25) is 0 Å². The molecule has 4 heteroatoms. The van der Waals surface area contributed by atoms with E-state index in [0.717, 1.165) is 19.8 Å². The highest BCUT2D eigenvalue weighted by Crippen LogP contribution is 2.29. The van der Waals surface area contributed by atoms with Crippen LogP contribution in [-0.4, -0.2) is 75.4 Å². The fraction of sp³-hybridized carbons (Fsp3) is 1.00. The number of likely N-dealkylation sites (N-methyl/N-ethyl adjacent to an activating group) is 1. The molecule has 1 N–H and O–H groups in total. The van der Waals surface area contributed by atoms with Crippen LogP contribution in [0.1, 0.15) is 20.3 Å². The maximum Gasteiger partial charge on any atom is 0.0547 e. The lowest BCUT2D eigenvalue weighted by atomic mass is 9.86. The van der Waals surface area contributed by atoms with Gasteiger partial charge in [-0.25, -0.2) is 0 Å². The van der Waals surface area contributed by atoms with Crippen LogP contribution < -0.4 is 5.32 Å². The summed E-state index contributed by atoms with van der Waals surface area (Å²) in [4.78, 5) is 5.22. The molecule has 106 valence electrons. The first-order valence-corrected chi connectivity index (χ1v) is 7.38. The van der Waals surface area contributed by atoms with Crippen LogP contribution in [0.4, 0.5) is 0 Å². The van der Waals surface area contributed by atoms with E-state index in [4.69, 9.17) is 4.74 Å². The Morgan fingerprint density at radius 1 is 1.39 bits per heavy atom. The van der Waals surface area contributed by atoms with E-state index in [1.54, 1.807) is 0 Å². The molecule has 0 saturated carbocycles. The van der Waals surface area contributed by atoms with E-state index in [-0.39, 0.29) is 0 Å². The van der Waals surface area contributed by atoms with Crippen LogP contribution in [0.3, 0.4) is 0 Å². The van der Waals surface area contributed by atoms with Crippen molar-refractivity contribution in [3.63, 3.8) is 0 Å². The number of ether oxygens (including phenoxy) is 1. The van der Waals surface area contributed by atoms with Crippen LogP contribution in [0.15, 0.2) is 0 Å². The summed E-state index contributed by atoms with van der Waals surface area (Å²) in [6.45, 7) is 13.6. The van der Waals surface area contributed by atoms with Crippen molar-refractivity contribution in [1.29, 1.82) is 0 Å². The minimum atomic E-state index is 0.350. The number of rotatable bonds is 5. The van der Waals surface area contributed by atoms with Crippen molar-refractivity contribution in [2.45, 2.75) is 26.3 Å². The zero-order chi connectivity index (χ0) is 13.0. The van der Waals surface area contributed by atoms with Gasteiger partial charge in [0.25, 0.3) is 0 Å². The molecule has 2 heterocycles. The van der Waals surface area contributed by atoms with Crippen molar-refractivity contribution >= 4 is 0 Å². The SMILES string of the molecule is CCN1CCN(CC2(CNC)CCOC2)CC1C. The lowest BCUT2D eigenvalue weighted by Gasteiger charge is -2.42. The lowest BCUT2D eigenvalue weighted by molar-refractivity contribution is 0.0472. The first-order valence-electron chi connectivity index (χ1n) is 7.38. The molecule has 2 fully saturated rings. The van der Waals surface area contributed by atoms with Gasteiger partial charge in [-0.1, -0.05) is 6.92 Å². The molecule has 0 spiro atoms. The van der Waals surface area contributed by atoms with Crippen molar-refractivity contribution in [3.8, 4) is 0 Å². The molecule has 4 nitrogen and oxygen atoms in total. The normalized spacial score (nSPS) is 35.2. The third kappa shape index (κ3) is 3.23. The lowest BCUT2D eigenvalue weighted by Crippen LogP contribution is -2.55. The Hall–Kier alpha value is -0.160. The van der Waals surface area contributed by atoms with Gasteiger partial charge in [-0.15, -0.1) is 0 Å². The van der Waals surface area contributed by atoms with Gasteiger partial charge in [-0.2, -0.15) is 0 Å². The van der Waals surface area contributed by atoms with E-state index in [1.165, 1.54) is 39.1 Å². The summed E-state index contributed by atoms with van der Waals surface area (Å²) in [6.07, 6.45) is 1.20. The first-order chi connectivity index (χ1) is 8.69. The van der Waals surface area contributed by atoms with Crippen LogP contribution in [-0.2, 0) is 4.74 Å². The molecule has 2 aliphatic rings. The molecule has 0 aliphatic carbocycles. The van der Waals surface area contributed by atoms with Crippen LogP contribution >= 0.6 is 0 Å². The zero-order valence-electron chi connectivity index (χ0n) is 12.2. The molecule has 2 unspecified atom stereocenters. The predicted octanol–water partition coefficient (Wildman–Crippen LogP) is 0.639. The van der Waals surface area contributed by atoms with Gasteiger partial charge < -0.3 is 10.1 Å². The number of hydrogen-bond acceptors (Lipinski definition) is 4. The van der Waals surface area contributed by atoms with Gasteiger partial charge in [-0.05, 0) is 26.9 Å². The fourth-order valence-corrected chi connectivity index (χ4v) is 3.50. The molecule has 0 amide bonds. The minimum Gasteiger partial charge on any atom is -0.381 e. The molecular weight excluding hydrogens is 226 g/mol. The average molecular weight is 255 g/mol. The van der Waals surface area contributed by atoms with Crippen molar-refractivity contribution in [2.24, 2.45) is 5.41 Å². The number of hydrogen-bond donors (Lipinski definition) is 1. The quantitative estimate of drug-likeness (QED) is 0.780. The molecule has 0 radical (unpaired) electrons. The van der Waals surface area contributed by atoms with Crippen molar-refractivity contribution in [1.82, 2.24) is 15.1 Å². The molecule has 2 atom stereocenters. The van der Waals surface area contributed by atoms with E-state index in [2.05, 4.69) is 36.0 Å². The van der Waals surface area contributed by atoms with Crippen molar-refractivity contribution < 1.29 is 4.74 Å². The Labute approximate surface area is 112 Å². The fourth-order valence-electron chi connectivity index (χ4n) is 3.50. The summed E-state index contributed by atoms with van der Waals surface area (Å²) in [7, 11) is 2.05. The second-order valence-electron chi connectivity index (χ2n) is 6.05. The van der Waals surface area contributed by atoms with E-state index in [0.29, 0.717) is 11.5 Å². The van der Waals surface area contributed by atoms with E-state index in [1.807, 2.05) is 0 Å². The monoisotopic (exact) mass is 255 g/mol. The summed E-state index contributed by atoms with van der Waals surface area (Å²) in [5.41, 5.74) is 0.350. The van der Waals surface area contributed by atoms with Gasteiger partial charge in [0, 0.05) is 50.8 Å². The molecule has 0 bridgehead atoms. The highest BCUT2D eigenvalue weighted by atomic mass is 16.5. The second kappa shape index (κ2) is 6.33. The molecule has 18 heavy (non-hydrogen) atoms. The molecular formula is C14H29N3O. The zero-order valence-corrected chi connectivity index (χ0v) is 12.2. The number of nitrogens with zero attached hydrogens (tertiary/aromatic N) is 2. The molecule has 0 aromatic heterocycles. The highest BCUT2D eigenvalue weighted by molar-refractivity contribution is 4.90. The van der Waals surface area contributed by atoms with E-state index in [9.17, 15) is 0 Å². The van der Waals surface area contributed by atoms with Crippen molar-refractivity contribution in [3.05, 3.63) is 0 Å². The Morgan fingerprint density at radius 2 is 2.22 bits per heavy atom. The predicted molar refractivity (Wildman–Crippen MR) is 74.9 cm³/mol. The van der Waals surface area contributed by atoms with Crippen LogP contribution in [0.5, 0.6) is 0 Å². The number of nitrogens with one attached hydrogen (secondary N) is 1. The topological polar surface area (TPSA) is 27.7 Å². The highest BCUT2D eigenvalue weighted by Gasteiger charge is 2.37. The molecule has 0 aromatic carbocycles. The Kier molecular flexibility index (Phi) is 5.01. The minimum absolute atomic E-state index is 0.350. The van der Waals surface area contributed by atoms with Gasteiger partial charge in [0.1, 0.15) is 0 Å². The maximum absolute atomic E-state index is 5.65. The standard InChI is InChI=1S/C14H29N3O/c1-4-17-7-6-16(9-13(17)2)11-14(10-15-3)5-8-18-12-14/h13,15H,4-12H2,1-3H3. The van der Waals surface area contributed by atoms with E-state index < -0.39 is 0 Å². The summed E-state index contributed by atoms with van der Waals surface area (Å²) in [6, 6.07) is 0.692. The average Bonchev–Trinajstić information content (AvgIpc) is 2.78. The largest absolute Gasteiger partial charge is 0.381 e. The van der Waals surface area contributed by atoms with Gasteiger partial charge in [-0.3, -0.25) is 9.80 Å². The Balaban J connectivity index is 1.88. The van der Waals surface area contributed by atoms with Crippen molar-refractivity contribution in [2.75, 3.05) is 59.5 Å². The third-order valence-electron chi connectivity index (χ3n) is 4.55. The van der Waals surface area contributed by atoms with Gasteiger partial charge in [0.15, 0.2) is 0 Å². The third-order valence-corrected chi connectivity index (χ3v) is 4.55. The summed E-state index contributed by atoms with van der Waals surface area (Å²) >= 11 is 0. The molecule has 0 aromatic rings. The molecule has 2 saturated heterocycles. The van der Waals surface area contributed by atoms with Gasteiger partial charge >= 0.3 is 0 Å². The van der Waals surface area contributed by atoms with Crippen LogP contribution in [0.2, 0.25) is 0 Å². The first kappa shape index (κ1) is 14.3. The van der Waals surface area contributed by atoms with E-state index >= 15 is 0 Å². The Morgan fingerprint density at radius 3 is 2.78 bits per heavy atom. The summed E-state index contributed by atoms with van der Waals surface area (Å²) < 4.78 is 5.65. The maximum atomic E-state index is 5.65. The smallest absolute Gasteiger partial charge is 0.0547 e. The van der Waals surface area contributed by atoms with Crippen LogP contribution in [0.25, 0.3) is 0 Å². The summed E-state index contributed by atoms with van der Waals surface area (Å²) in [5, 5.41) is 3.35. The Bertz CT molecular complexity index is 253.